The Morgan fingerprint density at radius 2 is 1.29 bits per heavy atom. The van der Waals surface area contributed by atoms with E-state index in [2.05, 4.69) is 50.3 Å². The topological polar surface area (TPSA) is 0 Å². The van der Waals surface area contributed by atoms with Crippen LogP contribution in [0.25, 0.3) is 0 Å². The fraction of sp³-hybridized carbons (Fsp3) is 0.588. The Morgan fingerprint density at radius 3 is 1.94 bits per heavy atom. The maximum Gasteiger partial charge on any atom is -0.0169 e. The molecule has 0 aromatic rings. The van der Waals surface area contributed by atoms with Gasteiger partial charge in [0.2, 0.25) is 0 Å². The summed E-state index contributed by atoms with van der Waals surface area (Å²) in [6, 6.07) is 0. The first-order valence-corrected chi connectivity index (χ1v) is 7.16. The lowest BCUT2D eigenvalue weighted by Gasteiger charge is -1.95. The Hall–Kier alpha value is -0.780. The van der Waals surface area contributed by atoms with Crippen LogP contribution in [0.4, 0.5) is 0 Å². The summed E-state index contributed by atoms with van der Waals surface area (Å²) in [5, 5.41) is 0. The molecule has 0 rings (SSSR count). The molecule has 0 aliphatic heterocycles. The van der Waals surface area contributed by atoms with Crippen LogP contribution in [0.1, 0.15) is 64.7 Å². The van der Waals surface area contributed by atoms with Crippen molar-refractivity contribution in [1.82, 2.24) is 0 Å². The average Bonchev–Trinajstić information content (AvgIpc) is 2.35. The maximum atomic E-state index is 3.85. The van der Waals surface area contributed by atoms with E-state index in [1.54, 1.807) is 0 Å². The third kappa shape index (κ3) is 15.2. The highest BCUT2D eigenvalue weighted by Crippen LogP contribution is 2.05. The lowest BCUT2D eigenvalue weighted by atomic mass is 10.1. The molecule has 0 saturated carbocycles. The van der Waals surface area contributed by atoms with Crippen LogP contribution >= 0.6 is 0 Å². The highest BCUT2D eigenvalue weighted by molar-refractivity contribution is 4.96. The van der Waals surface area contributed by atoms with Gasteiger partial charge in [-0.15, -0.1) is 0 Å². The van der Waals surface area contributed by atoms with E-state index in [0.29, 0.717) is 0 Å². The van der Waals surface area contributed by atoms with Gasteiger partial charge in [-0.25, -0.2) is 0 Å². The fourth-order valence-electron chi connectivity index (χ4n) is 1.62. The van der Waals surface area contributed by atoms with Gasteiger partial charge in [0.1, 0.15) is 0 Å². The predicted molar refractivity (Wildman–Crippen MR) is 80.0 cm³/mol. The standard InChI is InChI=1S/C17H29/c1-3-5-7-9-11-13-15-17-16-14-12-10-8-6-4-2/h6,8,12,14-15,17H,1,3-5,7,9-11,13,16H2,2H3/b8-6?,14-12?,17-15-. The maximum absolute atomic E-state index is 3.85. The van der Waals surface area contributed by atoms with Crippen molar-refractivity contribution in [3.8, 4) is 0 Å². The molecule has 0 saturated heterocycles. The van der Waals surface area contributed by atoms with Gasteiger partial charge in [0.25, 0.3) is 0 Å². The summed E-state index contributed by atoms with van der Waals surface area (Å²) in [4.78, 5) is 0. The minimum Gasteiger partial charge on any atom is -0.0885 e. The summed E-state index contributed by atoms with van der Waals surface area (Å²) < 4.78 is 0. The molecule has 0 spiro atoms. The van der Waals surface area contributed by atoms with E-state index in [9.17, 15) is 0 Å². The second-order valence-electron chi connectivity index (χ2n) is 4.35. The normalized spacial score (nSPS) is 12.4. The Kier molecular flexibility index (Phi) is 14.5. The van der Waals surface area contributed by atoms with Crippen LogP contribution in [-0.4, -0.2) is 0 Å². The van der Waals surface area contributed by atoms with E-state index in [4.69, 9.17) is 0 Å². The fourth-order valence-corrected chi connectivity index (χ4v) is 1.62. The van der Waals surface area contributed by atoms with Crippen molar-refractivity contribution in [1.29, 1.82) is 0 Å². The smallest absolute Gasteiger partial charge is 0.0169 e. The predicted octanol–water partition coefficient (Wildman–Crippen LogP) is 6.02. The summed E-state index contributed by atoms with van der Waals surface area (Å²) in [7, 11) is 0. The minimum absolute atomic E-state index is 1.08. The summed E-state index contributed by atoms with van der Waals surface area (Å²) in [5.41, 5.74) is 0. The highest BCUT2D eigenvalue weighted by atomic mass is 13.9. The molecule has 0 amide bonds. The number of allylic oxidation sites excluding steroid dienone is 6. The lowest BCUT2D eigenvalue weighted by molar-refractivity contribution is 0.651. The molecule has 0 aromatic heterocycles. The van der Waals surface area contributed by atoms with Gasteiger partial charge >= 0.3 is 0 Å². The van der Waals surface area contributed by atoms with Gasteiger partial charge in [0.15, 0.2) is 0 Å². The third-order valence-electron chi connectivity index (χ3n) is 2.65. The highest BCUT2D eigenvalue weighted by Gasteiger charge is 1.85. The molecule has 17 heavy (non-hydrogen) atoms. The SMILES string of the molecule is [CH2]CCCCCC/C=C\CC=CCC=CCC. The van der Waals surface area contributed by atoms with Crippen molar-refractivity contribution in [2.24, 2.45) is 0 Å². The van der Waals surface area contributed by atoms with Crippen LogP contribution in [0.2, 0.25) is 0 Å². The molecule has 0 heteroatoms. The first-order valence-electron chi connectivity index (χ1n) is 7.16. The zero-order chi connectivity index (χ0) is 12.6. The number of rotatable bonds is 11. The Balaban J connectivity index is 3.21. The van der Waals surface area contributed by atoms with Crippen LogP contribution in [0.3, 0.4) is 0 Å². The Morgan fingerprint density at radius 1 is 0.706 bits per heavy atom. The van der Waals surface area contributed by atoms with Crippen LogP contribution in [0.15, 0.2) is 36.5 Å². The molecule has 0 fully saturated rings. The molecule has 0 aliphatic carbocycles. The van der Waals surface area contributed by atoms with Gasteiger partial charge in [-0.3, -0.25) is 0 Å². The first kappa shape index (κ1) is 16.2. The molecule has 1 radical (unpaired) electrons. The van der Waals surface area contributed by atoms with Crippen molar-refractivity contribution in [2.45, 2.75) is 64.7 Å². The van der Waals surface area contributed by atoms with Gasteiger partial charge in [0.05, 0.1) is 0 Å². The van der Waals surface area contributed by atoms with Crippen molar-refractivity contribution in [3.63, 3.8) is 0 Å². The molecule has 0 heterocycles. The van der Waals surface area contributed by atoms with Gasteiger partial charge in [-0.2, -0.15) is 0 Å². The zero-order valence-corrected chi connectivity index (χ0v) is 11.5. The van der Waals surface area contributed by atoms with Gasteiger partial charge in [-0.1, -0.05) is 76.0 Å². The molecule has 0 nitrogen and oxygen atoms in total. The van der Waals surface area contributed by atoms with Crippen molar-refractivity contribution >= 4 is 0 Å². The zero-order valence-electron chi connectivity index (χ0n) is 11.5. The van der Waals surface area contributed by atoms with Crippen molar-refractivity contribution in [2.75, 3.05) is 0 Å². The third-order valence-corrected chi connectivity index (χ3v) is 2.65. The Labute approximate surface area is 109 Å². The molecule has 0 N–H and O–H groups in total. The summed E-state index contributed by atoms with van der Waals surface area (Å²) in [6.07, 6.45) is 24.5. The van der Waals surface area contributed by atoms with E-state index >= 15 is 0 Å². The number of hydrogen-bond donors (Lipinski definition) is 0. The second-order valence-corrected chi connectivity index (χ2v) is 4.35. The molecule has 0 aliphatic rings. The Bertz CT molecular complexity index is 208. The van der Waals surface area contributed by atoms with Gasteiger partial charge in [-0.05, 0) is 32.1 Å². The van der Waals surface area contributed by atoms with Crippen LogP contribution in [0, 0.1) is 6.92 Å². The molecule has 0 bridgehead atoms. The van der Waals surface area contributed by atoms with Crippen molar-refractivity contribution < 1.29 is 0 Å². The summed E-state index contributed by atoms with van der Waals surface area (Å²) in [6.45, 7) is 6.02. The summed E-state index contributed by atoms with van der Waals surface area (Å²) in [5.74, 6) is 0. The quantitative estimate of drug-likeness (QED) is 0.302. The largest absolute Gasteiger partial charge is 0.0885 e. The lowest BCUT2D eigenvalue weighted by Crippen LogP contribution is -1.75. The molecule has 0 aromatic carbocycles. The van der Waals surface area contributed by atoms with E-state index in [-0.39, 0.29) is 0 Å². The number of unbranched alkanes of at least 4 members (excludes halogenated alkanes) is 5. The van der Waals surface area contributed by atoms with Crippen molar-refractivity contribution in [3.05, 3.63) is 43.4 Å². The van der Waals surface area contributed by atoms with E-state index in [1.807, 2.05) is 0 Å². The molecular weight excluding hydrogens is 204 g/mol. The van der Waals surface area contributed by atoms with Gasteiger partial charge in [0, 0.05) is 0 Å². The average molecular weight is 233 g/mol. The molecule has 97 valence electrons. The molecule has 0 atom stereocenters. The first-order chi connectivity index (χ1) is 8.41. The number of hydrogen-bond acceptors (Lipinski definition) is 0. The van der Waals surface area contributed by atoms with E-state index < -0.39 is 0 Å². The van der Waals surface area contributed by atoms with E-state index in [1.165, 1.54) is 32.1 Å². The monoisotopic (exact) mass is 233 g/mol. The van der Waals surface area contributed by atoms with E-state index in [0.717, 1.165) is 25.7 Å². The minimum atomic E-state index is 1.08. The summed E-state index contributed by atoms with van der Waals surface area (Å²) >= 11 is 0. The van der Waals surface area contributed by atoms with Crippen LogP contribution in [0.5, 0.6) is 0 Å². The molecular formula is C17H29. The molecule has 0 unspecified atom stereocenters. The van der Waals surface area contributed by atoms with Gasteiger partial charge < -0.3 is 0 Å². The van der Waals surface area contributed by atoms with Crippen LogP contribution < -0.4 is 0 Å². The second kappa shape index (κ2) is 15.2. The van der Waals surface area contributed by atoms with Crippen LogP contribution in [-0.2, 0) is 0 Å².